The first-order valence-electron chi connectivity index (χ1n) is 2.75. The van der Waals surface area contributed by atoms with Gasteiger partial charge in [-0.25, -0.2) is 0 Å². The fourth-order valence-corrected chi connectivity index (χ4v) is 0.344. The maximum Gasteiger partial charge on any atom is 0.0275 e. The summed E-state index contributed by atoms with van der Waals surface area (Å²) in [5.74, 6) is 5.10. The Morgan fingerprint density at radius 1 is 1.50 bits per heavy atom. The maximum atomic E-state index is 5.10. The molecule has 0 amide bonds. The highest BCUT2D eigenvalue weighted by molar-refractivity contribution is 4.75. The Bertz CT molecular complexity index is 60.7. The summed E-state index contributed by atoms with van der Waals surface area (Å²) in [6.45, 7) is 4.93. The molecule has 0 radical (unpaired) electrons. The normalized spacial score (nSPS) is 12.0. The first-order chi connectivity index (χ1) is 3.62. The second kappa shape index (κ2) is 3.02. The van der Waals surface area contributed by atoms with Crippen LogP contribution in [0.3, 0.4) is 0 Å². The van der Waals surface area contributed by atoms with E-state index in [-0.39, 0.29) is 5.54 Å². The molecule has 0 rings (SSSR count). The van der Waals surface area contributed by atoms with Crippen LogP contribution in [0.5, 0.6) is 0 Å². The molecule has 0 fully saturated rings. The average Bonchev–Trinajstić information content (AvgIpc) is 1.67. The fourth-order valence-electron chi connectivity index (χ4n) is 0.344. The van der Waals surface area contributed by atoms with Gasteiger partial charge in [0.25, 0.3) is 0 Å². The molecule has 0 heterocycles. The van der Waals surface area contributed by atoms with Gasteiger partial charge in [0.1, 0.15) is 0 Å². The Kier molecular flexibility index (Phi) is 2.97. The quantitative estimate of drug-likeness (QED) is 0.343. The third-order valence-electron chi connectivity index (χ3n) is 1.22. The zero-order valence-corrected chi connectivity index (χ0v) is 5.78. The number of nitrogens with two attached hydrogens (primary N) is 1. The van der Waals surface area contributed by atoms with Crippen LogP contribution in [-0.4, -0.2) is 19.1 Å². The summed E-state index contributed by atoms with van der Waals surface area (Å²) >= 11 is 0. The van der Waals surface area contributed by atoms with E-state index in [4.69, 9.17) is 5.84 Å². The molecule has 0 atom stereocenters. The van der Waals surface area contributed by atoms with Crippen molar-refractivity contribution in [3.63, 3.8) is 0 Å². The molecular formula is C5H15N3. The summed E-state index contributed by atoms with van der Waals surface area (Å²) in [4.78, 5) is 0. The molecule has 0 aliphatic carbocycles. The topological polar surface area (TPSA) is 50.1 Å². The number of hydrogen-bond acceptors (Lipinski definition) is 3. The van der Waals surface area contributed by atoms with Crippen LogP contribution in [0.25, 0.3) is 0 Å². The van der Waals surface area contributed by atoms with Gasteiger partial charge in [0, 0.05) is 12.1 Å². The van der Waals surface area contributed by atoms with E-state index in [0.717, 1.165) is 6.54 Å². The number of likely N-dealkylation sites (N-methyl/N-ethyl adjacent to an activating group) is 1. The molecule has 0 bridgehead atoms. The number of hydrogen-bond donors (Lipinski definition) is 3. The molecule has 0 aromatic carbocycles. The second-order valence-corrected chi connectivity index (χ2v) is 2.51. The van der Waals surface area contributed by atoms with Gasteiger partial charge in [-0.2, -0.15) is 0 Å². The van der Waals surface area contributed by atoms with Gasteiger partial charge < -0.3 is 5.32 Å². The van der Waals surface area contributed by atoms with E-state index >= 15 is 0 Å². The largest absolute Gasteiger partial charge is 0.314 e. The van der Waals surface area contributed by atoms with Gasteiger partial charge in [-0.15, -0.1) is 0 Å². The van der Waals surface area contributed by atoms with Crippen molar-refractivity contribution in [1.82, 2.24) is 10.7 Å². The molecule has 0 aromatic rings. The highest BCUT2D eigenvalue weighted by Crippen LogP contribution is 1.95. The lowest BCUT2D eigenvalue weighted by atomic mass is 10.1. The van der Waals surface area contributed by atoms with E-state index in [1.54, 1.807) is 0 Å². The summed E-state index contributed by atoms with van der Waals surface area (Å²) in [5.41, 5.74) is 2.70. The molecule has 0 unspecified atom stereocenters. The zero-order valence-electron chi connectivity index (χ0n) is 5.78. The number of nitrogens with one attached hydrogen (secondary N) is 2. The van der Waals surface area contributed by atoms with Crippen LogP contribution in [0.2, 0.25) is 0 Å². The van der Waals surface area contributed by atoms with E-state index in [1.807, 2.05) is 7.05 Å². The smallest absolute Gasteiger partial charge is 0.0275 e. The predicted molar refractivity (Wildman–Crippen MR) is 35.3 cm³/mol. The number of hydrazine groups is 1. The summed E-state index contributed by atoms with van der Waals surface area (Å²) < 4.78 is 0. The van der Waals surface area contributed by atoms with Gasteiger partial charge >= 0.3 is 0 Å². The maximum absolute atomic E-state index is 5.10. The molecule has 50 valence electrons. The van der Waals surface area contributed by atoms with Crippen LogP contribution in [0, 0.1) is 0 Å². The summed E-state index contributed by atoms with van der Waals surface area (Å²) in [6.07, 6.45) is 0. The van der Waals surface area contributed by atoms with Crippen LogP contribution in [0.4, 0.5) is 0 Å². The standard InChI is InChI=1S/C5H15N3/c1-5(2,7-3)4-8-6/h7-8H,4,6H2,1-3H3. The van der Waals surface area contributed by atoms with Crippen molar-refractivity contribution in [2.24, 2.45) is 5.84 Å². The third kappa shape index (κ3) is 2.96. The van der Waals surface area contributed by atoms with Crippen LogP contribution in [0.15, 0.2) is 0 Å². The fraction of sp³-hybridized carbons (Fsp3) is 1.00. The molecule has 3 heteroatoms. The minimum absolute atomic E-state index is 0.106. The minimum Gasteiger partial charge on any atom is -0.314 e. The first-order valence-corrected chi connectivity index (χ1v) is 2.75. The van der Waals surface area contributed by atoms with E-state index in [9.17, 15) is 0 Å². The van der Waals surface area contributed by atoms with Crippen molar-refractivity contribution in [2.45, 2.75) is 19.4 Å². The van der Waals surface area contributed by atoms with Gasteiger partial charge in [-0.3, -0.25) is 11.3 Å². The van der Waals surface area contributed by atoms with Crippen molar-refractivity contribution >= 4 is 0 Å². The molecule has 3 nitrogen and oxygen atoms in total. The molecule has 0 spiro atoms. The van der Waals surface area contributed by atoms with Gasteiger partial charge in [0.05, 0.1) is 0 Å². The van der Waals surface area contributed by atoms with Gasteiger partial charge in [0.2, 0.25) is 0 Å². The van der Waals surface area contributed by atoms with Crippen LogP contribution in [0.1, 0.15) is 13.8 Å². The van der Waals surface area contributed by atoms with E-state index in [1.165, 1.54) is 0 Å². The molecule has 0 aliphatic heterocycles. The molecule has 0 saturated heterocycles. The SMILES string of the molecule is CNC(C)(C)CNN. The van der Waals surface area contributed by atoms with Crippen molar-refractivity contribution in [2.75, 3.05) is 13.6 Å². The minimum atomic E-state index is 0.106. The van der Waals surface area contributed by atoms with Crippen molar-refractivity contribution < 1.29 is 0 Å². The van der Waals surface area contributed by atoms with Gasteiger partial charge in [-0.05, 0) is 20.9 Å². The Hall–Kier alpha value is -0.120. The Morgan fingerprint density at radius 3 is 2.12 bits per heavy atom. The highest BCUT2D eigenvalue weighted by Gasteiger charge is 2.11. The van der Waals surface area contributed by atoms with E-state index in [2.05, 4.69) is 24.6 Å². The lowest BCUT2D eigenvalue weighted by molar-refractivity contribution is 0.398. The first kappa shape index (κ1) is 7.88. The van der Waals surface area contributed by atoms with Crippen LogP contribution < -0.4 is 16.6 Å². The van der Waals surface area contributed by atoms with Crippen molar-refractivity contribution in [3.05, 3.63) is 0 Å². The summed E-state index contributed by atoms with van der Waals surface area (Å²) in [7, 11) is 1.91. The van der Waals surface area contributed by atoms with Gasteiger partial charge in [0.15, 0.2) is 0 Å². The molecule has 0 saturated carbocycles. The van der Waals surface area contributed by atoms with Crippen LogP contribution in [-0.2, 0) is 0 Å². The molecule has 4 N–H and O–H groups in total. The second-order valence-electron chi connectivity index (χ2n) is 2.51. The Morgan fingerprint density at radius 2 is 2.00 bits per heavy atom. The molecule has 8 heavy (non-hydrogen) atoms. The summed E-state index contributed by atoms with van der Waals surface area (Å²) in [6, 6.07) is 0. The zero-order chi connectivity index (χ0) is 6.62. The monoisotopic (exact) mass is 117 g/mol. The lowest BCUT2D eigenvalue weighted by Gasteiger charge is -2.22. The van der Waals surface area contributed by atoms with Crippen LogP contribution >= 0.6 is 0 Å². The lowest BCUT2D eigenvalue weighted by Crippen LogP contribution is -2.47. The van der Waals surface area contributed by atoms with E-state index in [0.29, 0.717) is 0 Å². The predicted octanol–water partition coefficient (Wildman–Crippen LogP) is -0.552. The summed E-state index contributed by atoms with van der Waals surface area (Å²) in [5, 5.41) is 3.10. The Labute approximate surface area is 50.6 Å². The average molecular weight is 117 g/mol. The van der Waals surface area contributed by atoms with Gasteiger partial charge in [-0.1, -0.05) is 0 Å². The molecule has 0 aliphatic rings. The van der Waals surface area contributed by atoms with E-state index < -0.39 is 0 Å². The molecular weight excluding hydrogens is 102 g/mol. The molecule has 0 aromatic heterocycles. The Balaban J connectivity index is 3.37. The number of rotatable bonds is 3. The van der Waals surface area contributed by atoms with Crippen molar-refractivity contribution in [3.8, 4) is 0 Å². The highest BCUT2D eigenvalue weighted by atomic mass is 15.2. The third-order valence-corrected chi connectivity index (χ3v) is 1.22. The van der Waals surface area contributed by atoms with Crippen molar-refractivity contribution in [1.29, 1.82) is 0 Å².